The Labute approximate surface area is 144 Å². The molecule has 0 aliphatic carbocycles. The molecule has 1 aromatic carbocycles. The van der Waals surface area contributed by atoms with Gasteiger partial charge >= 0.3 is 0 Å². The van der Waals surface area contributed by atoms with Crippen LogP contribution in [0.25, 0.3) is 0 Å². The first kappa shape index (κ1) is 17.4. The van der Waals surface area contributed by atoms with Crippen molar-refractivity contribution in [3.63, 3.8) is 0 Å². The molecule has 1 amide bonds. The van der Waals surface area contributed by atoms with Gasteiger partial charge in [0.05, 0.1) is 5.69 Å². The van der Waals surface area contributed by atoms with E-state index in [0.717, 1.165) is 12.1 Å². The maximum Gasteiger partial charge on any atom is 0.270 e. The van der Waals surface area contributed by atoms with Gasteiger partial charge in [-0.1, -0.05) is 0 Å². The van der Waals surface area contributed by atoms with E-state index < -0.39 is 21.7 Å². The third-order valence-corrected chi connectivity index (χ3v) is 5.37. The van der Waals surface area contributed by atoms with Gasteiger partial charge in [0.15, 0.2) is 0 Å². The van der Waals surface area contributed by atoms with Crippen LogP contribution in [-0.4, -0.2) is 36.4 Å². The normalized spacial score (nSPS) is 14.8. The van der Waals surface area contributed by atoms with Crippen LogP contribution in [0.2, 0.25) is 0 Å². The molecule has 0 fully saturated rings. The molecular formula is C16H17F2N3O3S. The molecule has 2 aromatic rings. The van der Waals surface area contributed by atoms with Crippen LogP contribution in [0.3, 0.4) is 0 Å². The zero-order valence-corrected chi connectivity index (χ0v) is 14.5. The molecule has 3 rings (SSSR count). The van der Waals surface area contributed by atoms with Crippen molar-refractivity contribution in [2.24, 2.45) is 0 Å². The molecule has 9 heteroatoms. The molecule has 1 aliphatic rings. The van der Waals surface area contributed by atoms with Gasteiger partial charge in [0.1, 0.15) is 22.2 Å². The summed E-state index contributed by atoms with van der Waals surface area (Å²) in [6, 6.07) is 3.81. The molecule has 6 nitrogen and oxygen atoms in total. The number of halogens is 2. The molecule has 134 valence electrons. The van der Waals surface area contributed by atoms with Crippen LogP contribution in [-0.2, 0) is 16.6 Å². The topological polar surface area (TPSA) is 71.4 Å². The highest BCUT2D eigenvalue weighted by Crippen LogP contribution is 2.24. The monoisotopic (exact) mass is 369 g/mol. The molecule has 1 N–H and O–H groups in total. The summed E-state index contributed by atoms with van der Waals surface area (Å²) in [5, 5.41) is 0. The first-order valence-corrected chi connectivity index (χ1v) is 9.16. The Hall–Kier alpha value is -2.42. The first-order valence-electron chi connectivity index (χ1n) is 7.68. The molecule has 0 unspecified atom stereocenters. The molecule has 0 saturated heterocycles. The quantitative estimate of drug-likeness (QED) is 0.900. The van der Waals surface area contributed by atoms with E-state index in [9.17, 15) is 22.0 Å². The maximum atomic E-state index is 13.7. The smallest absolute Gasteiger partial charge is 0.270 e. The van der Waals surface area contributed by atoms with Gasteiger partial charge in [-0.05, 0) is 32.0 Å². The number of fused-ring (bicyclic) bond motifs is 1. The molecule has 0 spiro atoms. The fourth-order valence-electron chi connectivity index (χ4n) is 2.73. The zero-order chi connectivity index (χ0) is 18.4. The number of sulfonamides is 1. The highest BCUT2D eigenvalue weighted by atomic mass is 32.2. The fraction of sp³-hybridized carbons (Fsp3) is 0.312. The van der Waals surface area contributed by atoms with Crippen molar-refractivity contribution in [3.8, 4) is 0 Å². The SMILES string of the molecule is CC(C)N1CCn2cc(S(=O)(=O)Nc3ccc(F)cc3F)cc2C1=O. The van der Waals surface area contributed by atoms with Crippen LogP contribution in [0.4, 0.5) is 14.5 Å². The number of nitrogens with zero attached hydrogens (tertiary/aromatic N) is 2. The summed E-state index contributed by atoms with van der Waals surface area (Å²) in [6.45, 7) is 4.72. The van der Waals surface area contributed by atoms with E-state index in [1.54, 1.807) is 9.47 Å². The van der Waals surface area contributed by atoms with E-state index in [2.05, 4.69) is 4.72 Å². The highest BCUT2D eigenvalue weighted by Gasteiger charge is 2.29. The highest BCUT2D eigenvalue weighted by molar-refractivity contribution is 7.92. The van der Waals surface area contributed by atoms with E-state index in [0.29, 0.717) is 19.2 Å². The summed E-state index contributed by atoms with van der Waals surface area (Å²) in [7, 11) is -4.11. The Balaban J connectivity index is 1.92. The molecule has 0 atom stereocenters. The summed E-state index contributed by atoms with van der Waals surface area (Å²) in [5.41, 5.74) is -0.0967. The van der Waals surface area contributed by atoms with Gasteiger partial charge in [0, 0.05) is 31.4 Å². The minimum absolute atomic E-state index is 0.00245. The van der Waals surface area contributed by atoms with Crippen LogP contribution in [0.1, 0.15) is 24.3 Å². The van der Waals surface area contributed by atoms with Crippen LogP contribution in [0.5, 0.6) is 0 Å². The molecule has 0 saturated carbocycles. The number of carbonyl (C=O) groups excluding carboxylic acids is 1. The van der Waals surface area contributed by atoms with Gasteiger partial charge in [0.25, 0.3) is 15.9 Å². The lowest BCUT2D eigenvalue weighted by atomic mass is 10.2. The third-order valence-electron chi connectivity index (χ3n) is 4.04. The second-order valence-electron chi connectivity index (χ2n) is 6.08. The Morgan fingerprint density at radius 1 is 1.16 bits per heavy atom. The number of amides is 1. The molecule has 0 bridgehead atoms. The second kappa shape index (κ2) is 6.14. The summed E-state index contributed by atoms with van der Waals surface area (Å²) in [5.74, 6) is -2.08. The molecule has 1 aliphatic heterocycles. The second-order valence-corrected chi connectivity index (χ2v) is 7.76. The number of benzene rings is 1. The summed E-state index contributed by atoms with van der Waals surface area (Å²) in [4.78, 5) is 13.9. The summed E-state index contributed by atoms with van der Waals surface area (Å²) in [6.07, 6.45) is 1.34. The van der Waals surface area contributed by atoms with Crippen molar-refractivity contribution in [1.82, 2.24) is 9.47 Å². The van der Waals surface area contributed by atoms with Gasteiger partial charge < -0.3 is 9.47 Å². The van der Waals surface area contributed by atoms with Gasteiger partial charge in [-0.15, -0.1) is 0 Å². The predicted molar refractivity (Wildman–Crippen MR) is 87.8 cm³/mol. The predicted octanol–water partition coefficient (Wildman–Crippen LogP) is 2.43. The Bertz CT molecular complexity index is 938. The van der Waals surface area contributed by atoms with Crippen molar-refractivity contribution in [1.29, 1.82) is 0 Å². The van der Waals surface area contributed by atoms with E-state index in [-0.39, 0.29) is 28.2 Å². The average molecular weight is 369 g/mol. The van der Waals surface area contributed by atoms with Crippen molar-refractivity contribution < 1.29 is 22.0 Å². The maximum absolute atomic E-state index is 13.7. The number of rotatable bonds is 4. The Morgan fingerprint density at radius 2 is 1.88 bits per heavy atom. The van der Waals surface area contributed by atoms with Gasteiger partial charge in [-0.2, -0.15) is 0 Å². The first-order chi connectivity index (χ1) is 11.7. The average Bonchev–Trinajstić information content (AvgIpc) is 2.96. The number of hydrogen-bond donors (Lipinski definition) is 1. The Morgan fingerprint density at radius 3 is 2.52 bits per heavy atom. The van der Waals surface area contributed by atoms with E-state index in [1.165, 1.54) is 12.3 Å². The van der Waals surface area contributed by atoms with Crippen LogP contribution >= 0.6 is 0 Å². The molecule has 2 heterocycles. The van der Waals surface area contributed by atoms with Gasteiger partial charge in [-0.3, -0.25) is 9.52 Å². The zero-order valence-electron chi connectivity index (χ0n) is 13.7. The van der Waals surface area contributed by atoms with E-state index in [1.807, 2.05) is 13.8 Å². The van der Waals surface area contributed by atoms with E-state index in [4.69, 9.17) is 0 Å². The third kappa shape index (κ3) is 3.23. The largest absolute Gasteiger partial charge is 0.340 e. The molecular weight excluding hydrogens is 352 g/mol. The van der Waals surface area contributed by atoms with Crippen molar-refractivity contribution >= 4 is 21.6 Å². The fourth-order valence-corrected chi connectivity index (χ4v) is 3.83. The molecule has 25 heavy (non-hydrogen) atoms. The lowest BCUT2D eigenvalue weighted by molar-refractivity contribution is 0.0649. The number of anilines is 1. The van der Waals surface area contributed by atoms with Crippen LogP contribution in [0.15, 0.2) is 35.4 Å². The number of hydrogen-bond acceptors (Lipinski definition) is 3. The van der Waals surface area contributed by atoms with Crippen molar-refractivity contribution in [3.05, 3.63) is 47.8 Å². The number of carbonyl (C=O) groups is 1. The minimum Gasteiger partial charge on any atom is -0.340 e. The minimum atomic E-state index is -4.11. The Kier molecular flexibility index (Phi) is 4.28. The van der Waals surface area contributed by atoms with Crippen LogP contribution in [0, 0.1) is 11.6 Å². The number of nitrogens with one attached hydrogen (secondary N) is 1. The standard InChI is InChI=1S/C16H17F2N3O3S/c1-10(2)21-6-5-20-9-12(8-15(20)16(21)22)25(23,24)19-14-4-3-11(17)7-13(14)18/h3-4,7-10,19H,5-6H2,1-2H3. The van der Waals surface area contributed by atoms with E-state index >= 15 is 0 Å². The van der Waals surface area contributed by atoms with Gasteiger partial charge in [0.2, 0.25) is 0 Å². The van der Waals surface area contributed by atoms with Crippen molar-refractivity contribution in [2.75, 3.05) is 11.3 Å². The molecule has 1 aromatic heterocycles. The summed E-state index contributed by atoms with van der Waals surface area (Å²) >= 11 is 0. The lowest BCUT2D eigenvalue weighted by Gasteiger charge is -2.31. The van der Waals surface area contributed by atoms with Crippen molar-refractivity contribution in [2.45, 2.75) is 31.3 Å². The number of aromatic nitrogens is 1. The molecule has 0 radical (unpaired) electrons. The van der Waals surface area contributed by atoms with Crippen LogP contribution < -0.4 is 4.72 Å². The lowest BCUT2D eigenvalue weighted by Crippen LogP contribution is -2.43. The summed E-state index contributed by atoms with van der Waals surface area (Å²) < 4.78 is 55.2. The van der Waals surface area contributed by atoms with Gasteiger partial charge in [-0.25, -0.2) is 17.2 Å².